The number of para-hydroxylation sites is 1. The SMILES string of the molecule is COc1cccc(OC)c1-n1c(NS(=O)(=O)[C@@H](C)[C@H](OC)c2ncc(Cl)cn2)nnc1-c1cnn2c1CCC2. The highest BCUT2D eigenvalue weighted by Crippen LogP contribution is 2.39. The van der Waals surface area contributed by atoms with Crippen molar-refractivity contribution < 1.29 is 22.6 Å². The van der Waals surface area contributed by atoms with Gasteiger partial charge in [-0.25, -0.2) is 18.4 Å². The van der Waals surface area contributed by atoms with E-state index in [1.807, 2.05) is 4.68 Å². The molecule has 0 aliphatic carbocycles. The number of ether oxygens (including phenoxy) is 3. The summed E-state index contributed by atoms with van der Waals surface area (Å²) < 4.78 is 50.2. The number of hydrogen-bond acceptors (Lipinski definition) is 10. The maximum atomic E-state index is 13.7. The second-order valence-electron chi connectivity index (χ2n) is 8.79. The standard InChI is InChI=1S/C24H27ClN8O5S/c1-14(21(38-4)22-26-11-15(25)12-27-22)39(34,35)31-24-30-29-23(16-13-28-32-10-6-7-17(16)32)33(24)20-18(36-2)8-5-9-19(20)37-3/h5,8-9,11-14,21H,6-7,10H2,1-4H3,(H,30,31)/t14-,21-/m0/s1. The molecule has 1 N–H and O–H groups in total. The highest BCUT2D eigenvalue weighted by atomic mass is 35.5. The number of anilines is 1. The monoisotopic (exact) mass is 574 g/mol. The molecular weight excluding hydrogens is 548 g/mol. The van der Waals surface area contributed by atoms with E-state index in [1.165, 1.54) is 40.6 Å². The predicted octanol–water partition coefficient (Wildman–Crippen LogP) is 3.06. The van der Waals surface area contributed by atoms with E-state index in [0.717, 1.165) is 30.6 Å². The van der Waals surface area contributed by atoms with Gasteiger partial charge in [0.1, 0.15) is 28.5 Å². The lowest BCUT2D eigenvalue weighted by Gasteiger charge is -2.22. The quantitative estimate of drug-likeness (QED) is 0.299. The van der Waals surface area contributed by atoms with Gasteiger partial charge in [-0.15, -0.1) is 10.2 Å². The van der Waals surface area contributed by atoms with Gasteiger partial charge in [0.2, 0.25) is 16.0 Å². The first-order chi connectivity index (χ1) is 18.8. The molecule has 4 heterocycles. The fraction of sp³-hybridized carbons (Fsp3) is 0.375. The highest BCUT2D eigenvalue weighted by molar-refractivity contribution is 7.93. The average Bonchev–Trinajstić information content (AvgIpc) is 3.66. The normalized spacial score (nSPS) is 14.6. The van der Waals surface area contributed by atoms with E-state index in [2.05, 4.69) is 30.0 Å². The lowest BCUT2D eigenvalue weighted by atomic mass is 10.1. The molecule has 15 heteroatoms. The number of rotatable bonds is 10. The van der Waals surface area contributed by atoms with Crippen LogP contribution in [0.15, 0.2) is 36.8 Å². The summed E-state index contributed by atoms with van der Waals surface area (Å²) in [6, 6.07) is 5.25. The fourth-order valence-electron chi connectivity index (χ4n) is 4.60. The lowest BCUT2D eigenvalue weighted by Crippen LogP contribution is -2.33. The van der Waals surface area contributed by atoms with Crippen LogP contribution in [0.4, 0.5) is 5.95 Å². The molecule has 0 spiro atoms. The van der Waals surface area contributed by atoms with Gasteiger partial charge in [0, 0.05) is 31.7 Å². The van der Waals surface area contributed by atoms with Crippen molar-refractivity contribution >= 4 is 27.6 Å². The molecule has 13 nitrogen and oxygen atoms in total. The van der Waals surface area contributed by atoms with Gasteiger partial charge in [0.25, 0.3) is 0 Å². The van der Waals surface area contributed by atoms with Crippen LogP contribution in [0.3, 0.4) is 0 Å². The number of fused-ring (bicyclic) bond motifs is 1. The minimum atomic E-state index is -4.13. The van der Waals surface area contributed by atoms with Crippen LogP contribution < -0.4 is 14.2 Å². The number of sulfonamides is 1. The molecule has 0 radical (unpaired) electrons. The Morgan fingerprint density at radius 2 is 1.74 bits per heavy atom. The van der Waals surface area contributed by atoms with Crippen LogP contribution in [0.2, 0.25) is 5.02 Å². The van der Waals surface area contributed by atoms with Crippen molar-refractivity contribution in [2.24, 2.45) is 0 Å². The Balaban J connectivity index is 1.62. The van der Waals surface area contributed by atoms with Gasteiger partial charge in [-0.1, -0.05) is 17.7 Å². The first-order valence-corrected chi connectivity index (χ1v) is 13.9. The molecule has 0 bridgehead atoms. The molecule has 1 aliphatic rings. The summed E-state index contributed by atoms with van der Waals surface area (Å²) in [4.78, 5) is 8.27. The Bertz CT molecular complexity index is 1570. The first kappa shape index (κ1) is 26.8. The summed E-state index contributed by atoms with van der Waals surface area (Å²) in [5.74, 6) is 1.35. The number of aryl methyl sites for hydroxylation is 1. The number of halogens is 1. The maximum absolute atomic E-state index is 13.7. The van der Waals surface area contributed by atoms with Crippen molar-refractivity contribution in [3.8, 4) is 28.6 Å². The topological polar surface area (TPSA) is 148 Å². The average molecular weight is 575 g/mol. The van der Waals surface area contributed by atoms with Gasteiger partial charge in [-0.3, -0.25) is 14.0 Å². The van der Waals surface area contributed by atoms with Crippen LogP contribution in [0.5, 0.6) is 11.5 Å². The minimum Gasteiger partial charge on any atom is -0.494 e. The van der Waals surface area contributed by atoms with E-state index < -0.39 is 21.4 Å². The van der Waals surface area contributed by atoms with Crippen molar-refractivity contribution in [1.82, 2.24) is 34.5 Å². The molecule has 206 valence electrons. The molecule has 0 saturated carbocycles. The van der Waals surface area contributed by atoms with E-state index in [0.29, 0.717) is 28.0 Å². The summed E-state index contributed by atoms with van der Waals surface area (Å²) in [5, 5.41) is 12.3. The number of methoxy groups -OCH3 is 3. The zero-order valence-corrected chi connectivity index (χ0v) is 23.3. The summed E-state index contributed by atoms with van der Waals surface area (Å²) in [6.45, 7) is 2.29. The summed E-state index contributed by atoms with van der Waals surface area (Å²) >= 11 is 5.90. The zero-order valence-electron chi connectivity index (χ0n) is 21.7. The van der Waals surface area contributed by atoms with Crippen molar-refractivity contribution in [2.75, 3.05) is 26.1 Å². The summed E-state index contributed by atoms with van der Waals surface area (Å²) in [6.07, 6.45) is 5.23. The number of aromatic nitrogens is 7. The van der Waals surface area contributed by atoms with Crippen molar-refractivity contribution in [3.63, 3.8) is 0 Å². The van der Waals surface area contributed by atoms with Crippen LogP contribution in [0.1, 0.15) is 31.0 Å². The van der Waals surface area contributed by atoms with Gasteiger partial charge in [0.05, 0.1) is 31.0 Å². The third kappa shape index (κ3) is 4.90. The maximum Gasteiger partial charge on any atom is 0.243 e. The Kier molecular flexibility index (Phi) is 7.42. The Labute approximate surface area is 230 Å². The first-order valence-electron chi connectivity index (χ1n) is 12.0. The zero-order chi connectivity index (χ0) is 27.7. The molecule has 39 heavy (non-hydrogen) atoms. The minimum absolute atomic E-state index is 0.0653. The van der Waals surface area contributed by atoms with Gasteiger partial charge in [-0.2, -0.15) is 5.10 Å². The molecule has 1 aliphatic heterocycles. The van der Waals surface area contributed by atoms with E-state index >= 15 is 0 Å². The smallest absolute Gasteiger partial charge is 0.243 e. The van der Waals surface area contributed by atoms with Crippen LogP contribution in [-0.2, 0) is 27.7 Å². The van der Waals surface area contributed by atoms with Crippen LogP contribution in [-0.4, -0.2) is 69.5 Å². The van der Waals surface area contributed by atoms with Gasteiger partial charge in [0.15, 0.2) is 11.6 Å². The molecule has 4 aromatic rings. The largest absolute Gasteiger partial charge is 0.494 e. The molecule has 0 saturated heterocycles. The second-order valence-corrected chi connectivity index (χ2v) is 11.3. The molecule has 3 aromatic heterocycles. The number of benzene rings is 1. The van der Waals surface area contributed by atoms with Crippen LogP contribution in [0.25, 0.3) is 17.1 Å². The molecule has 5 rings (SSSR count). The summed E-state index contributed by atoms with van der Waals surface area (Å²) in [5.41, 5.74) is 2.14. The van der Waals surface area contributed by atoms with Crippen molar-refractivity contribution in [1.29, 1.82) is 0 Å². The molecule has 0 fully saturated rings. The second kappa shape index (κ2) is 10.8. The predicted molar refractivity (Wildman–Crippen MR) is 143 cm³/mol. The Hall–Kier alpha value is -3.75. The molecule has 0 amide bonds. The number of nitrogens with zero attached hydrogens (tertiary/aromatic N) is 7. The Morgan fingerprint density at radius 1 is 1.05 bits per heavy atom. The van der Waals surface area contributed by atoms with E-state index in [1.54, 1.807) is 29.0 Å². The van der Waals surface area contributed by atoms with Crippen LogP contribution in [0, 0.1) is 0 Å². The molecule has 2 atom stereocenters. The molecular formula is C24H27ClN8O5S. The number of nitrogens with one attached hydrogen (secondary N) is 1. The molecule has 0 unspecified atom stereocenters. The van der Waals surface area contributed by atoms with Crippen molar-refractivity contribution in [2.45, 2.75) is 37.7 Å². The highest BCUT2D eigenvalue weighted by Gasteiger charge is 2.35. The van der Waals surface area contributed by atoms with Crippen molar-refractivity contribution in [3.05, 3.63) is 53.3 Å². The van der Waals surface area contributed by atoms with Gasteiger partial charge >= 0.3 is 0 Å². The summed E-state index contributed by atoms with van der Waals surface area (Å²) in [7, 11) is 0.281. The lowest BCUT2D eigenvalue weighted by molar-refractivity contribution is 0.0950. The van der Waals surface area contributed by atoms with E-state index in [-0.39, 0.29) is 11.8 Å². The van der Waals surface area contributed by atoms with Gasteiger partial charge < -0.3 is 14.2 Å². The van der Waals surface area contributed by atoms with Gasteiger partial charge in [-0.05, 0) is 31.9 Å². The van der Waals surface area contributed by atoms with Crippen LogP contribution >= 0.6 is 11.6 Å². The third-order valence-electron chi connectivity index (χ3n) is 6.56. The molecule has 1 aromatic carbocycles. The third-order valence-corrected chi connectivity index (χ3v) is 8.45. The fourth-order valence-corrected chi connectivity index (χ4v) is 5.83. The van der Waals surface area contributed by atoms with E-state index in [4.69, 9.17) is 25.8 Å². The number of hydrogen-bond donors (Lipinski definition) is 1. The Morgan fingerprint density at radius 3 is 2.38 bits per heavy atom. The van der Waals surface area contributed by atoms with E-state index in [9.17, 15) is 8.42 Å².